The van der Waals surface area contributed by atoms with E-state index in [2.05, 4.69) is 31.2 Å². The van der Waals surface area contributed by atoms with Crippen LogP contribution in [0.1, 0.15) is 31.7 Å². The van der Waals surface area contributed by atoms with Crippen molar-refractivity contribution >= 4 is 17.0 Å². The van der Waals surface area contributed by atoms with E-state index in [9.17, 15) is 4.79 Å². The Hall–Kier alpha value is -0.960. The van der Waals surface area contributed by atoms with Crippen molar-refractivity contribution in [2.45, 2.75) is 37.9 Å². The van der Waals surface area contributed by atoms with Crippen LogP contribution in [-0.2, 0) is 6.42 Å². The third-order valence-corrected chi connectivity index (χ3v) is 4.31. The van der Waals surface area contributed by atoms with Gasteiger partial charge in [0.2, 0.25) is 0 Å². The van der Waals surface area contributed by atoms with Gasteiger partial charge in [0.1, 0.15) is 0 Å². The summed E-state index contributed by atoms with van der Waals surface area (Å²) in [5.41, 5.74) is 1.31. The normalized spacial score (nSPS) is 17.5. The Kier molecular flexibility index (Phi) is 5.12. The molecule has 0 saturated carbocycles. The summed E-state index contributed by atoms with van der Waals surface area (Å²) in [5, 5.41) is 0.611. The number of piperidine rings is 1. The lowest BCUT2D eigenvalue weighted by Gasteiger charge is -2.27. The smallest absolute Gasteiger partial charge is 0.281 e. The number of likely N-dealkylation sites (tertiary alicyclic amines) is 1. The average Bonchev–Trinajstić information content (AvgIpc) is 2.40. The molecule has 1 atom stereocenters. The molecule has 1 aromatic carbocycles. The lowest BCUT2D eigenvalue weighted by molar-refractivity contribution is 0.211. The number of carbonyl (C=O) groups excluding carboxylic acids is 1. The van der Waals surface area contributed by atoms with E-state index in [4.69, 9.17) is 0 Å². The highest BCUT2D eigenvalue weighted by molar-refractivity contribution is 8.14. The summed E-state index contributed by atoms with van der Waals surface area (Å²) in [5.74, 6) is 0. The molecule has 1 aliphatic heterocycles. The second kappa shape index (κ2) is 6.83. The van der Waals surface area contributed by atoms with E-state index in [1.807, 2.05) is 11.0 Å². The molecule has 1 aromatic rings. The Bertz CT molecular complexity index is 373. The van der Waals surface area contributed by atoms with Gasteiger partial charge in [0.05, 0.1) is 0 Å². The van der Waals surface area contributed by atoms with Gasteiger partial charge in [-0.05, 0) is 31.2 Å². The topological polar surface area (TPSA) is 20.3 Å². The highest BCUT2D eigenvalue weighted by Crippen LogP contribution is 2.22. The van der Waals surface area contributed by atoms with Gasteiger partial charge in [0.15, 0.2) is 0 Å². The van der Waals surface area contributed by atoms with Crippen LogP contribution in [0.3, 0.4) is 0 Å². The maximum absolute atomic E-state index is 12.1. The number of thioether (sulfide) groups is 1. The van der Waals surface area contributed by atoms with Crippen molar-refractivity contribution in [1.82, 2.24) is 4.90 Å². The zero-order chi connectivity index (χ0) is 12.8. The number of hydrogen-bond donors (Lipinski definition) is 0. The molecule has 3 heteroatoms. The molecule has 1 saturated heterocycles. The lowest BCUT2D eigenvalue weighted by Crippen LogP contribution is -2.33. The van der Waals surface area contributed by atoms with Crippen LogP contribution in [-0.4, -0.2) is 28.5 Å². The van der Waals surface area contributed by atoms with Crippen LogP contribution in [0.4, 0.5) is 4.79 Å². The largest absolute Gasteiger partial charge is 0.334 e. The third-order valence-electron chi connectivity index (χ3n) is 3.28. The van der Waals surface area contributed by atoms with Crippen LogP contribution in [0.5, 0.6) is 0 Å². The van der Waals surface area contributed by atoms with Gasteiger partial charge < -0.3 is 4.90 Å². The fraction of sp³-hybridized carbons (Fsp3) is 0.533. The van der Waals surface area contributed by atoms with Crippen molar-refractivity contribution < 1.29 is 4.79 Å². The lowest BCUT2D eigenvalue weighted by atomic mass is 10.1. The standard InChI is InChI=1S/C15H21NOS/c1-13(12-14-8-4-2-5-9-14)18-15(17)16-10-6-3-7-11-16/h2,4-5,8-9,13H,3,6-7,10-12H2,1H3. The Labute approximate surface area is 114 Å². The quantitative estimate of drug-likeness (QED) is 0.823. The van der Waals surface area contributed by atoms with Gasteiger partial charge >= 0.3 is 0 Å². The monoisotopic (exact) mass is 263 g/mol. The van der Waals surface area contributed by atoms with Crippen LogP contribution in [0.2, 0.25) is 0 Å². The SMILES string of the molecule is CC(Cc1ccccc1)SC(=O)N1CCCCC1. The van der Waals surface area contributed by atoms with Crippen molar-refractivity contribution in [3.05, 3.63) is 35.9 Å². The predicted octanol–water partition coefficient (Wildman–Crippen LogP) is 3.96. The molecule has 2 rings (SSSR count). The number of carbonyl (C=O) groups is 1. The molecule has 1 amide bonds. The van der Waals surface area contributed by atoms with Crippen LogP contribution in [0.15, 0.2) is 30.3 Å². The van der Waals surface area contributed by atoms with Gasteiger partial charge in [0, 0.05) is 18.3 Å². The Morgan fingerprint density at radius 1 is 1.22 bits per heavy atom. The Balaban J connectivity index is 1.79. The summed E-state index contributed by atoms with van der Waals surface area (Å²) < 4.78 is 0. The second-order valence-electron chi connectivity index (χ2n) is 4.93. The van der Waals surface area contributed by atoms with Crippen molar-refractivity contribution in [3.8, 4) is 0 Å². The average molecular weight is 263 g/mol. The van der Waals surface area contributed by atoms with E-state index in [0.29, 0.717) is 5.25 Å². The first-order valence-corrected chi connectivity index (χ1v) is 7.63. The highest BCUT2D eigenvalue weighted by atomic mass is 32.2. The van der Waals surface area contributed by atoms with Gasteiger partial charge in [-0.15, -0.1) is 0 Å². The minimum Gasteiger partial charge on any atom is -0.334 e. The van der Waals surface area contributed by atoms with E-state index in [0.717, 1.165) is 19.5 Å². The molecule has 0 bridgehead atoms. The van der Waals surface area contributed by atoms with Gasteiger partial charge in [-0.3, -0.25) is 4.79 Å². The minimum absolute atomic E-state index is 0.262. The maximum Gasteiger partial charge on any atom is 0.281 e. The third kappa shape index (κ3) is 4.05. The fourth-order valence-corrected chi connectivity index (χ4v) is 3.26. The first-order valence-electron chi connectivity index (χ1n) is 6.75. The van der Waals surface area contributed by atoms with Gasteiger partial charge in [-0.25, -0.2) is 0 Å². The first-order chi connectivity index (χ1) is 8.75. The van der Waals surface area contributed by atoms with E-state index >= 15 is 0 Å². The molecule has 18 heavy (non-hydrogen) atoms. The number of rotatable bonds is 3. The second-order valence-corrected chi connectivity index (χ2v) is 6.32. The summed E-state index contributed by atoms with van der Waals surface area (Å²) in [6, 6.07) is 10.4. The number of amides is 1. The first kappa shape index (κ1) is 13.5. The Morgan fingerprint density at radius 2 is 1.89 bits per heavy atom. The van der Waals surface area contributed by atoms with E-state index in [1.54, 1.807) is 0 Å². The molecule has 0 radical (unpaired) electrons. The summed E-state index contributed by atoms with van der Waals surface area (Å²) in [6.07, 6.45) is 4.57. The van der Waals surface area contributed by atoms with Gasteiger partial charge in [0.25, 0.3) is 5.24 Å². The van der Waals surface area contributed by atoms with Crippen molar-refractivity contribution in [1.29, 1.82) is 0 Å². The molecule has 1 aliphatic rings. The van der Waals surface area contributed by atoms with Crippen molar-refractivity contribution in [2.75, 3.05) is 13.1 Å². The molecule has 2 nitrogen and oxygen atoms in total. The predicted molar refractivity (Wildman–Crippen MR) is 78.0 cm³/mol. The summed E-state index contributed by atoms with van der Waals surface area (Å²) >= 11 is 1.49. The zero-order valence-corrected chi connectivity index (χ0v) is 11.8. The fourth-order valence-electron chi connectivity index (χ4n) is 2.31. The molecule has 0 N–H and O–H groups in total. The molecule has 0 spiro atoms. The molecule has 1 fully saturated rings. The molecule has 1 heterocycles. The van der Waals surface area contributed by atoms with Crippen LogP contribution in [0, 0.1) is 0 Å². The van der Waals surface area contributed by atoms with Crippen molar-refractivity contribution in [3.63, 3.8) is 0 Å². The highest BCUT2D eigenvalue weighted by Gasteiger charge is 2.19. The van der Waals surface area contributed by atoms with E-state index < -0.39 is 0 Å². The molecular weight excluding hydrogens is 242 g/mol. The van der Waals surface area contributed by atoms with Crippen LogP contribution < -0.4 is 0 Å². The van der Waals surface area contributed by atoms with Crippen molar-refractivity contribution in [2.24, 2.45) is 0 Å². The molecule has 1 unspecified atom stereocenters. The summed E-state index contributed by atoms with van der Waals surface area (Å²) in [4.78, 5) is 14.1. The van der Waals surface area contributed by atoms with Crippen LogP contribution >= 0.6 is 11.8 Å². The number of hydrogen-bond acceptors (Lipinski definition) is 2. The maximum atomic E-state index is 12.1. The summed E-state index contributed by atoms with van der Waals surface area (Å²) in [7, 11) is 0. The number of benzene rings is 1. The molecule has 0 aliphatic carbocycles. The Morgan fingerprint density at radius 3 is 2.56 bits per heavy atom. The van der Waals surface area contributed by atoms with Gasteiger partial charge in [-0.1, -0.05) is 49.0 Å². The molecule has 98 valence electrons. The molecular formula is C15H21NOS. The van der Waals surface area contributed by atoms with E-state index in [-0.39, 0.29) is 5.24 Å². The molecule has 0 aromatic heterocycles. The zero-order valence-electron chi connectivity index (χ0n) is 11.0. The van der Waals surface area contributed by atoms with Crippen LogP contribution in [0.25, 0.3) is 0 Å². The van der Waals surface area contributed by atoms with E-state index in [1.165, 1.54) is 36.6 Å². The number of nitrogens with zero attached hydrogens (tertiary/aromatic N) is 1. The minimum atomic E-state index is 0.262. The summed E-state index contributed by atoms with van der Waals surface area (Å²) in [6.45, 7) is 4.04. The van der Waals surface area contributed by atoms with Gasteiger partial charge in [-0.2, -0.15) is 0 Å².